The molecule has 0 radical (unpaired) electrons. The third-order valence-corrected chi connectivity index (χ3v) is 4.70. The Labute approximate surface area is 134 Å². The van der Waals surface area contributed by atoms with Gasteiger partial charge in [0.05, 0.1) is 11.1 Å². The molecule has 0 saturated heterocycles. The molecule has 2 aromatic rings. The molecule has 23 heavy (non-hydrogen) atoms. The summed E-state index contributed by atoms with van der Waals surface area (Å²) in [5.74, 6) is -0.306. The zero-order valence-corrected chi connectivity index (χ0v) is 13.9. The number of nitrogens with zero attached hydrogens (tertiary/aromatic N) is 2. The van der Waals surface area contributed by atoms with Gasteiger partial charge in [0.2, 0.25) is 15.9 Å². The zero-order valence-electron chi connectivity index (χ0n) is 13.1. The van der Waals surface area contributed by atoms with Crippen molar-refractivity contribution >= 4 is 21.6 Å². The Balaban J connectivity index is 2.21. The quantitative estimate of drug-likeness (QED) is 0.700. The molecule has 0 aliphatic carbocycles. The number of carbonyl (C=O) groups is 1. The fourth-order valence-electron chi connectivity index (χ4n) is 2.11. The molecule has 0 fully saturated rings. The van der Waals surface area contributed by atoms with Crippen LogP contribution in [0.15, 0.2) is 41.6 Å². The van der Waals surface area contributed by atoms with Gasteiger partial charge in [-0.25, -0.2) is 13.1 Å². The molecular formula is C14H19N5O3S. The molecule has 2 rings (SSSR count). The number of likely N-dealkylation sites (N-methyl/N-ethyl adjacent to an activating group) is 1. The van der Waals surface area contributed by atoms with Gasteiger partial charge in [-0.3, -0.25) is 9.48 Å². The summed E-state index contributed by atoms with van der Waals surface area (Å²) in [7, 11) is 1.20. The summed E-state index contributed by atoms with van der Waals surface area (Å²) in [5, 5.41) is 9.66. The van der Waals surface area contributed by atoms with Crippen LogP contribution in [-0.2, 0) is 21.9 Å². The van der Waals surface area contributed by atoms with E-state index in [1.54, 1.807) is 43.3 Å². The monoisotopic (exact) mass is 337 g/mol. The minimum Gasteiger partial charge on any atom is -0.324 e. The van der Waals surface area contributed by atoms with Crippen LogP contribution in [0.4, 0.5) is 5.69 Å². The first kappa shape index (κ1) is 17.1. The van der Waals surface area contributed by atoms with Crippen LogP contribution in [0.1, 0.15) is 11.6 Å². The molecule has 0 aliphatic heterocycles. The molecule has 1 unspecified atom stereocenters. The molecule has 0 saturated carbocycles. The number of amides is 1. The lowest BCUT2D eigenvalue weighted by atomic mass is 10.1. The van der Waals surface area contributed by atoms with Crippen molar-refractivity contribution in [1.82, 2.24) is 19.8 Å². The van der Waals surface area contributed by atoms with Gasteiger partial charge in [-0.15, -0.1) is 0 Å². The average Bonchev–Trinajstić information content (AvgIpc) is 2.94. The number of benzene rings is 1. The first-order chi connectivity index (χ1) is 10.9. The van der Waals surface area contributed by atoms with E-state index < -0.39 is 16.1 Å². The highest BCUT2D eigenvalue weighted by atomic mass is 32.2. The minimum absolute atomic E-state index is 0.0835. The molecule has 8 nitrogen and oxygen atoms in total. The molecule has 1 aromatic heterocycles. The number of nitrogens with one attached hydrogen (secondary N) is 3. The van der Waals surface area contributed by atoms with Gasteiger partial charge >= 0.3 is 0 Å². The molecular weight excluding hydrogens is 318 g/mol. The molecule has 1 atom stereocenters. The van der Waals surface area contributed by atoms with Gasteiger partial charge in [-0.1, -0.05) is 6.07 Å². The first-order valence-electron chi connectivity index (χ1n) is 6.87. The smallest absolute Gasteiger partial charge is 0.246 e. The van der Waals surface area contributed by atoms with Gasteiger partial charge in [-0.2, -0.15) is 5.10 Å². The first-order valence-corrected chi connectivity index (χ1v) is 8.36. The Morgan fingerprint density at radius 1 is 1.30 bits per heavy atom. The largest absolute Gasteiger partial charge is 0.324 e. The van der Waals surface area contributed by atoms with Gasteiger partial charge in [0, 0.05) is 24.5 Å². The summed E-state index contributed by atoms with van der Waals surface area (Å²) in [6.07, 6.45) is 3.34. The molecule has 1 amide bonds. The average molecular weight is 337 g/mol. The van der Waals surface area contributed by atoms with Crippen LogP contribution in [-0.4, -0.2) is 38.2 Å². The highest BCUT2D eigenvalue weighted by Gasteiger charge is 2.21. The highest BCUT2D eigenvalue weighted by molar-refractivity contribution is 7.89. The van der Waals surface area contributed by atoms with E-state index in [1.807, 2.05) is 0 Å². The van der Waals surface area contributed by atoms with Crippen LogP contribution >= 0.6 is 0 Å². The van der Waals surface area contributed by atoms with Gasteiger partial charge in [0.1, 0.15) is 6.04 Å². The second-order valence-electron chi connectivity index (χ2n) is 4.89. The van der Waals surface area contributed by atoms with Crippen molar-refractivity contribution in [2.45, 2.75) is 10.9 Å². The Hall–Kier alpha value is -2.23. The Kier molecular flexibility index (Phi) is 5.14. The topological polar surface area (TPSA) is 105 Å². The Bertz CT molecular complexity index is 800. The van der Waals surface area contributed by atoms with Gasteiger partial charge < -0.3 is 10.6 Å². The van der Waals surface area contributed by atoms with Crippen LogP contribution in [0, 0.1) is 0 Å². The van der Waals surface area contributed by atoms with Crippen molar-refractivity contribution < 1.29 is 13.2 Å². The number of anilines is 1. The van der Waals surface area contributed by atoms with Gasteiger partial charge in [-0.05, 0) is 32.3 Å². The van der Waals surface area contributed by atoms with Crippen molar-refractivity contribution in [3.8, 4) is 0 Å². The van der Waals surface area contributed by atoms with Crippen LogP contribution in [0.2, 0.25) is 0 Å². The fourth-order valence-corrected chi connectivity index (χ4v) is 2.89. The van der Waals surface area contributed by atoms with Crippen molar-refractivity contribution in [3.63, 3.8) is 0 Å². The highest BCUT2D eigenvalue weighted by Crippen LogP contribution is 2.18. The maximum atomic E-state index is 12.4. The molecule has 0 spiro atoms. The van der Waals surface area contributed by atoms with E-state index in [-0.39, 0.29) is 10.8 Å². The van der Waals surface area contributed by atoms with Crippen molar-refractivity contribution in [2.24, 2.45) is 7.05 Å². The maximum absolute atomic E-state index is 12.4. The van der Waals surface area contributed by atoms with Crippen LogP contribution in [0.25, 0.3) is 0 Å². The summed E-state index contributed by atoms with van der Waals surface area (Å²) in [6, 6.07) is 5.46. The van der Waals surface area contributed by atoms with Crippen LogP contribution < -0.4 is 15.4 Å². The SMILES string of the molecule is CNC(C(=O)Nc1cccc(S(=O)(=O)NC)c1)c1cnn(C)c1. The summed E-state index contributed by atoms with van der Waals surface area (Å²) >= 11 is 0. The number of aromatic nitrogens is 2. The number of rotatable bonds is 6. The summed E-state index contributed by atoms with van der Waals surface area (Å²) in [5.41, 5.74) is 1.11. The summed E-state index contributed by atoms with van der Waals surface area (Å²) in [4.78, 5) is 12.5. The van der Waals surface area contributed by atoms with Crippen molar-refractivity contribution in [3.05, 3.63) is 42.2 Å². The zero-order chi connectivity index (χ0) is 17.0. The lowest BCUT2D eigenvalue weighted by Crippen LogP contribution is -2.30. The maximum Gasteiger partial charge on any atom is 0.246 e. The van der Waals surface area contributed by atoms with E-state index >= 15 is 0 Å². The molecule has 0 aliphatic rings. The normalized spacial score (nSPS) is 12.8. The number of sulfonamides is 1. The van der Waals surface area contributed by atoms with Crippen molar-refractivity contribution in [1.29, 1.82) is 0 Å². The minimum atomic E-state index is -3.56. The fraction of sp³-hybridized carbons (Fsp3) is 0.286. The van der Waals surface area contributed by atoms with E-state index in [2.05, 4.69) is 20.5 Å². The van der Waals surface area contributed by atoms with Gasteiger partial charge in [0.15, 0.2) is 0 Å². The third-order valence-electron chi connectivity index (χ3n) is 3.29. The third kappa shape index (κ3) is 3.95. The predicted molar refractivity (Wildman–Crippen MR) is 86.3 cm³/mol. The second-order valence-corrected chi connectivity index (χ2v) is 6.78. The molecule has 9 heteroatoms. The molecule has 0 bridgehead atoms. The van der Waals surface area contributed by atoms with Crippen LogP contribution in [0.5, 0.6) is 0 Å². The van der Waals surface area contributed by atoms with E-state index in [1.165, 1.54) is 19.2 Å². The number of aryl methyl sites for hydroxylation is 1. The number of hydrogen-bond donors (Lipinski definition) is 3. The standard InChI is InChI=1S/C14H19N5O3S/c1-15-13(10-8-17-19(3)9-10)14(20)18-11-5-4-6-12(7-11)23(21,22)16-2/h4-9,13,15-16H,1-3H3,(H,18,20). The summed E-state index contributed by atoms with van der Waals surface area (Å²) < 4.78 is 27.5. The van der Waals surface area contributed by atoms with Gasteiger partial charge in [0.25, 0.3) is 0 Å². The van der Waals surface area contributed by atoms with Crippen LogP contribution in [0.3, 0.4) is 0 Å². The molecule has 1 heterocycles. The van der Waals surface area contributed by atoms with E-state index in [0.29, 0.717) is 11.3 Å². The van der Waals surface area contributed by atoms with E-state index in [9.17, 15) is 13.2 Å². The van der Waals surface area contributed by atoms with Crippen molar-refractivity contribution in [2.75, 3.05) is 19.4 Å². The second kappa shape index (κ2) is 6.90. The molecule has 124 valence electrons. The lowest BCUT2D eigenvalue weighted by Gasteiger charge is -2.15. The van der Waals surface area contributed by atoms with E-state index in [4.69, 9.17) is 0 Å². The Morgan fingerprint density at radius 2 is 2.04 bits per heavy atom. The number of carbonyl (C=O) groups excluding carboxylic acids is 1. The Morgan fingerprint density at radius 3 is 2.61 bits per heavy atom. The number of hydrogen-bond acceptors (Lipinski definition) is 5. The van der Waals surface area contributed by atoms with E-state index in [0.717, 1.165) is 0 Å². The molecule has 3 N–H and O–H groups in total. The predicted octanol–water partition coefficient (Wildman–Crippen LogP) is 0.227. The summed E-state index contributed by atoms with van der Waals surface area (Å²) in [6.45, 7) is 0. The lowest BCUT2D eigenvalue weighted by molar-refractivity contribution is -0.118. The molecule has 1 aromatic carbocycles.